The standard InChI is InChI=1S/C15H19N3/c1-2-6-14(7-3-1)15-10-17-12-18(15)11-13-5-4-8-16-9-13/h4-5,8-10,12,14H,1-3,6-7,11H2. The normalized spacial score (nSPS) is 16.9. The number of hydrogen-bond donors (Lipinski definition) is 0. The third kappa shape index (κ3) is 2.45. The Balaban J connectivity index is 1.78. The Hall–Kier alpha value is -1.64. The lowest BCUT2D eigenvalue weighted by molar-refractivity contribution is 0.426. The Morgan fingerprint density at radius 3 is 2.78 bits per heavy atom. The molecule has 2 aromatic heterocycles. The average Bonchev–Trinajstić information content (AvgIpc) is 2.89. The van der Waals surface area contributed by atoms with Crippen molar-refractivity contribution < 1.29 is 0 Å². The van der Waals surface area contributed by atoms with E-state index in [1.54, 1.807) is 0 Å². The van der Waals surface area contributed by atoms with Crippen molar-refractivity contribution in [3.05, 3.63) is 48.3 Å². The summed E-state index contributed by atoms with van der Waals surface area (Å²) in [6.07, 6.45) is 14.5. The average molecular weight is 241 g/mol. The molecule has 0 N–H and O–H groups in total. The van der Waals surface area contributed by atoms with Gasteiger partial charge in [-0.15, -0.1) is 0 Å². The predicted octanol–water partition coefficient (Wildman–Crippen LogP) is 3.37. The van der Waals surface area contributed by atoms with E-state index in [0.717, 1.165) is 6.54 Å². The summed E-state index contributed by atoms with van der Waals surface area (Å²) >= 11 is 0. The molecule has 0 bridgehead atoms. The van der Waals surface area contributed by atoms with Crippen molar-refractivity contribution in [3.63, 3.8) is 0 Å². The van der Waals surface area contributed by atoms with Crippen LogP contribution in [0.15, 0.2) is 37.1 Å². The molecule has 1 aliphatic carbocycles. The van der Waals surface area contributed by atoms with Crippen LogP contribution in [0.2, 0.25) is 0 Å². The molecule has 0 aliphatic heterocycles. The second-order valence-electron chi connectivity index (χ2n) is 5.14. The number of rotatable bonds is 3. The molecule has 2 heterocycles. The smallest absolute Gasteiger partial charge is 0.0951 e. The van der Waals surface area contributed by atoms with Gasteiger partial charge in [-0.1, -0.05) is 25.3 Å². The van der Waals surface area contributed by atoms with E-state index in [9.17, 15) is 0 Å². The SMILES string of the molecule is c1cncc(Cn2cncc2C2CCCCC2)c1. The third-order valence-corrected chi connectivity index (χ3v) is 3.84. The van der Waals surface area contributed by atoms with Crippen LogP contribution < -0.4 is 0 Å². The second kappa shape index (κ2) is 5.34. The number of pyridine rings is 1. The number of hydrogen-bond acceptors (Lipinski definition) is 2. The fraction of sp³-hybridized carbons (Fsp3) is 0.467. The molecular formula is C15H19N3. The van der Waals surface area contributed by atoms with E-state index in [0.29, 0.717) is 5.92 Å². The minimum Gasteiger partial charge on any atom is -0.330 e. The highest BCUT2D eigenvalue weighted by Gasteiger charge is 2.18. The Morgan fingerprint density at radius 2 is 2.00 bits per heavy atom. The first-order chi connectivity index (χ1) is 8.93. The summed E-state index contributed by atoms with van der Waals surface area (Å²) in [5.41, 5.74) is 2.64. The Labute approximate surface area is 108 Å². The van der Waals surface area contributed by atoms with Crippen LogP contribution in [0.5, 0.6) is 0 Å². The van der Waals surface area contributed by atoms with Gasteiger partial charge < -0.3 is 4.57 Å². The van der Waals surface area contributed by atoms with Crippen LogP contribution in [-0.2, 0) is 6.54 Å². The van der Waals surface area contributed by atoms with E-state index >= 15 is 0 Å². The molecule has 2 aromatic rings. The first-order valence-corrected chi connectivity index (χ1v) is 6.82. The second-order valence-corrected chi connectivity index (χ2v) is 5.14. The summed E-state index contributed by atoms with van der Waals surface area (Å²) in [5.74, 6) is 0.706. The summed E-state index contributed by atoms with van der Waals surface area (Å²) in [4.78, 5) is 8.51. The predicted molar refractivity (Wildman–Crippen MR) is 71.4 cm³/mol. The molecule has 3 nitrogen and oxygen atoms in total. The molecular weight excluding hydrogens is 222 g/mol. The molecule has 3 rings (SSSR count). The van der Waals surface area contributed by atoms with Crippen LogP contribution in [0, 0.1) is 0 Å². The monoisotopic (exact) mass is 241 g/mol. The van der Waals surface area contributed by atoms with Gasteiger partial charge in [-0.3, -0.25) is 4.98 Å². The van der Waals surface area contributed by atoms with E-state index in [1.807, 2.05) is 31.0 Å². The lowest BCUT2D eigenvalue weighted by Gasteiger charge is -2.22. The first kappa shape index (κ1) is 11.5. The summed E-state index contributed by atoms with van der Waals surface area (Å²) in [6, 6.07) is 4.12. The topological polar surface area (TPSA) is 30.7 Å². The van der Waals surface area contributed by atoms with Crippen molar-refractivity contribution in [1.82, 2.24) is 14.5 Å². The molecule has 0 unspecified atom stereocenters. The molecule has 18 heavy (non-hydrogen) atoms. The van der Waals surface area contributed by atoms with Crippen LogP contribution in [0.3, 0.4) is 0 Å². The highest BCUT2D eigenvalue weighted by atomic mass is 15.0. The molecule has 0 spiro atoms. The van der Waals surface area contributed by atoms with Gasteiger partial charge in [-0.05, 0) is 24.5 Å². The maximum absolute atomic E-state index is 4.34. The van der Waals surface area contributed by atoms with Gasteiger partial charge >= 0.3 is 0 Å². The Kier molecular flexibility index (Phi) is 3.40. The Bertz CT molecular complexity index is 483. The molecule has 1 fully saturated rings. The molecule has 0 radical (unpaired) electrons. The van der Waals surface area contributed by atoms with Gasteiger partial charge in [0, 0.05) is 30.2 Å². The zero-order valence-corrected chi connectivity index (χ0v) is 10.6. The lowest BCUT2D eigenvalue weighted by atomic mass is 9.87. The van der Waals surface area contributed by atoms with E-state index in [4.69, 9.17) is 0 Å². The van der Waals surface area contributed by atoms with Gasteiger partial charge in [0.15, 0.2) is 0 Å². The van der Waals surface area contributed by atoms with Crippen molar-refractivity contribution in [2.24, 2.45) is 0 Å². The van der Waals surface area contributed by atoms with E-state index < -0.39 is 0 Å². The number of nitrogens with zero attached hydrogens (tertiary/aromatic N) is 3. The Morgan fingerprint density at radius 1 is 1.11 bits per heavy atom. The molecule has 0 amide bonds. The molecule has 0 atom stereocenters. The van der Waals surface area contributed by atoms with Gasteiger partial charge in [-0.2, -0.15) is 0 Å². The van der Waals surface area contributed by atoms with E-state index in [-0.39, 0.29) is 0 Å². The lowest BCUT2D eigenvalue weighted by Crippen LogP contribution is -2.11. The molecule has 3 heteroatoms. The van der Waals surface area contributed by atoms with Crippen molar-refractivity contribution >= 4 is 0 Å². The van der Waals surface area contributed by atoms with Gasteiger partial charge in [0.1, 0.15) is 0 Å². The van der Waals surface area contributed by atoms with Crippen LogP contribution in [0.4, 0.5) is 0 Å². The third-order valence-electron chi connectivity index (χ3n) is 3.84. The zero-order chi connectivity index (χ0) is 12.2. The first-order valence-electron chi connectivity index (χ1n) is 6.82. The van der Waals surface area contributed by atoms with Gasteiger partial charge in [0.05, 0.1) is 12.9 Å². The summed E-state index contributed by atoms with van der Waals surface area (Å²) in [7, 11) is 0. The maximum Gasteiger partial charge on any atom is 0.0951 e. The quantitative estimate of drug-likeness (QED) is 0.824. The van der Waals surface area contributed by atoms with Crippen LogP contribution >= 0.6 is 0 Å². The summed E-state index contributed by atoms with van der Waals surface area (Å²) < 4.78 is 2.28. The highest BCUT2D eigenvalue weighted by molar-refractivity contribution is 5.13. The molecule has 0 aromatic carbocycles. The number of imidazole rings is 1. The maximum atomic E-state index is 4.34. The van der Waals surface area contributed by atoms with Crippen molar-refractivity contribution in [2.45, 2.75) is 44.6 Å². The van der Waals surface area contributed by atoms with Crippen LogP contribution in [0.25, 0.3) is 0 Å². The zero-order valence-electron chi connectivity index (χ0n) is 10.6. The largest absolute Gasteiger partial charge is 0.330 e. The summed E-state index contributed by atoms with van der Waals surface area (Å²) in [6.45, 7) is 0.889. The van der Waals surface area contributed by atoms with Gasteiger partial charge in [0.25, 0.3) is 0 Å². The van der Waals surface area contributed by atoms with Crippen molar-refractivity contribution in [2.75, 3.05) is 0 Å². The molecule has 0 saturated heterocycles. The van der Waals surface area contributed by atoms with Gasteiger partial charge in [0.2, 0.25) is 0 Å². The minimum absolute atomic E-state index is 0.706. The molecule has 1 aliphatic rings. The van der Waals surface area contributed by atoms with Gasteiger partial charge in [-0.25, -0.2) is 4.98 Å². The van der Waals surface area contributed by atoms with E-state index in [1.165, 1.54) is 43.4 Å². The molecule has 1 saturated carbocycles. The fourth-order valence-corrected chi connectivity index (χ4v) is 2.89. The summed E-state index contributed by atoms with van der Waals surface area (Å²) in [5, 5.41) is 0. The highest BCUT2D eigenvalue weighted by Crippen LogP contribution is 2.32. The fourth-order valence-electron chi connectivity index (χ4n) is 2.89. The number of aromatic nitrogens is 3. The molecule has 94 valence electrons. The minimum atomic E-state index is 0.706. The van der Waals surface area contributed by atoms with Crippen molar-refractivity contribution in [3.8, 4) is 0 Å². The van der Waals surface area contributed by atoms with Crippen LogP contribution in [0.1, 0.15) is 49.3 Å². The van der Waals surface area contributed by atoms with Crippen LogP contribution in [-0.4, -0.2) is 14.5 Å². The van der Waals surface area contributed by atoms with Crippen molar-refractivity contribution in [1.29, 1.82) is 0 Å². The van der Waals surface area contributed by atoms with E-state index in [2.05, 4.69) is 20.6 Å².